The summed E-state index contributed by atoms with van der Waals surface area (Å²) in [6.07, 6.45) is 0. The van der Waals surface area contributed by atoms with Crippen molar-refractivity contribution in [1.29, 1.82) is 0 Å². The number of hydrogen-bond donors (Lipinski definition) is 3. The number of nitrogens with zero attached hydrogens (tertiary/aromatic N) is 4. The van der Waals surface area contributed by atoms with E-state index in [4.69, 9.17) is 21.2 Å². The van der Waals surface area contributed by atoms with Crippen LogP contribution in [0.5, 0.6) is 0 Å². The molecule has 2 aromatic rings. The first-order valence-corrected chi connectivity index (χ1v) is 15.3. The molecule has 0 radical (unpaired) electrons. The average molecular weight is 726 g/mol. The minimum Gasteiger partial charge on any atom is -0.731 e. The first-order chi connectivity index (χ1) is 21.3. The third-order valence-electron chi connectivity index (χ3n) is 5.96. The Kier molecular flexibility index (Phi) is 13.4. The van der Waals surface area contributed by atoms with E-state index >= 15 is 0 Å². The van der Waals surface area contributed by atoms with Gasteiger partial charge in [0, 0.05) is 32.5 Å². The van der Waals surface area contributed by atoms with E-state index in [-0.39, 0.29) is 61.3 Å². The van der Waals surface area contributed by atoms with Gasteiger partial charge >= 0.3 is 35.5 Å². The molecule has 4 amide bonds. The third-order valence-corrected chi connectivity index (χ3v) is 7.97. The maximum atomic E-state index is 13.5. The summed E-state index contributed by atoms with van der Waals surface area (Å²) >= 11 is 6.73. The molecule has 0 spiro atoms. The Morgan fingerprint density at radius 1 is 1.17 bits per heavy atom. The van der Waals surface area contributed by atoms with E-state index in [1.54, 1.807) is 0 Å². The number of benzene rings is 1. The number of carbonyl (C=O) groups excluding carboxylic acids is 5. The van der Waals surface area contributed by atoms with Gasteiger partial charge in [0.25, 0.3) is 17.5 Å². The second-order valence-corrected chi connectivity index (χ2v) is 12.7. The van der Waals surface area contributed by atoms with Gasteiger partial charge in [-0.3, -0.25) is 29.3 Å². The van der Waals surface area contributed by atoms with Crippen LogP contribution in [0.4, 0.5) is 10.7 Å². The standard InChI is InChI=1S/C24H26ClN7O12S2.Na/c1-11(33)26-9-15-16(21(36)31(15)46(40,41)42)28-19(35)17(18-20(27-12(2)34)45-23(25)29-18)30-44-24(3,4)22(37)43-10-13-5-7-14(8-6-13)32(38)39;/h5-8,15-16H,9-10H2,1-4H3,(H,26,33)(H,27,34)(H,28,35)(H,40,41,42);/q;+1/p-1. The van der Waals surface area contributed by atoms with Crippen molar-refractivity contribution in [2.24, 2.45) is 5.16 Å². The Labute approximate surface area is 297 Å². The number of nitro benzene ring substituents is 1. The fourth-order valence-corrected chi connectivity index (χ4v) is 5.65. The van der Waals surface area contributed by atoms with Gasteiger partial charge in [0.1, 0.15) is 23.3 Å². The fourth-order valence-electron chi connectivity index (χ4n) is 3.74. The Balaban J connectivity index is 0.00000768. The topological polar surface area (TPSA) is 269 Å². The Morgan fingerprint density at radius 3 is 2.32 bits per heavy atom. The van der Waals surface area contributed by atoms with E-state index in [1.165, 1.54) is 38.1 Å². The van der Waals surface area contributed by atoms with Crippen LogP contribution in [0.25, 0.3) is 0 Å². The average Bonchev–Trinajstić information content (AvgIpc) is 3.30. The molecule has 1 fully saturated rings. The summed E-state index contributed by atoms with van der Waals surface area (Å²) in [5, 5.41) is 21.4. The first-order valence-electron chi connectivity index (χ1n) is 12.8. The number of nitro groups is 1. The number of nitrogens with one attached hydrogen (secondary N) is 3. The number of oxime groups is 1. The number of anilines is 1. The smallest absolute Gasteiger partial charge is 0.731 e. The summed E-state index contributed by atoms with van der Waals surface area (Å²) < 4.78 is 39.9. The number of carbonyl (C=O) groups is 5. The van der Waals surface area contributed by atoms with Gasteiger partial charge < -0.3 is 30.1 Å². The molecule has 2 unspecified atom stereocenters. The van der Waals surface area contributed by atoms with Crippen LogP contribution in [0, 0.1) is 10.1 Å². The summed E-state index contributed by atoms with van der Waals surface area (Å²) in [6, 6.07) is 2.01. The second-order valence-electron chi connectivity index (χ2n) is 9.91. The van der Waals surface area contributed by atoms with Crippen molar-refractivity contribution < 1.29 is 81.0 Å². The maximum Gasteiger partial charge on any atom is 1.00 e. The first kappa shape index (κ1) is 39.4. The second kappa shape index (κ2) is 15.9. The number of ether oxygens (including phenoxy) is 1. The van der Waals surface area contributed by atoms with Crippen LogP contribution >= 0.6 is 22.9 Å². The molecule has 1 aliphatic rings. The Morgan fingerprint density at radius 2 is 1.79 bits per heavy atom. The monoisotopic (exact) mass is 725 g/mol. The number of non-ortho nitro benzene ring substituents is 1. The molecular weight excluding hydrogens is 701 g/mol. The number of thiazole rings is 1. The molecule has 23 heteroatoms. The largest absolute Gasteiger partial charge is 1.00 e. The van der Waals surface area contributed by atoms with Crippen molar-refractivity contribution in [3.05, 3.63) is 50.1 Å². The van der Waals surface area contributed by atoms with Crippen molar-refractivity contribution in [3.8, 4) is 0 Å². The van der Waals surface area contributed by atoms with Gasteiger partial charge in [-0.25, -0.2) is 22.5 Å². The van der Waals surface area contributed by atoms with Crippen molar-refractivity contribution in [3.63, 3.8) is 0 Å². The summed E-state index contributed by atoms with van der Waals surface area (Å²) in [7, 11) is -5.32. The van der Waals surface area contributed by atoms with Gasteiger partial charge in [0.2, 0.25) is 17.4 Å². The molecule has 248 valence electrons. The van der Waals surface area contributed by atoms with Gasteiger partial charge in [0.15, 0.2) is 20.5 Å². The van der Waals surface area contributed by atoms with Gasteiger partial charge in [-0.05, 0) is 31.5 Å². The molecule has 2 atom stereocenters. The minimum atomic E-state index is -5.32. The molecule has 0 saturated carbocycles. The van der Waals surface area contributed by atoms with Crippen LogP contribution in [-0.4, -0.2) is 86.7 Å². The van der Waals surface area contributed by atoms with Gasteiger partial charge in [0.05, 0.1) is 11.0 Å². The molecule has 3 N–H and O–H groups in total. The van der Waals surface area contributed by atoms with E-state index < -0.39 is 74.8 Å². The zero-order valence-electron chi connectivity index (χ0n) is 25.3. The van der Waals surface area contributed by atoms with E-state index in [0.29, 0.717) is 5.56 Å². The Bertz CT molecular complexity index is 1720. The molecule has 1 saturated heterocycles. The number of halogens is 1. The van der Waals surface area contributed by atoms with E-state index in [0.717, 1.165) is 25.2 Å². The summed E-state index contributed by atoms with van der Waals surface area (Å²) in [4.78, 5) is 81.6. The number of rotatable bonds is 13. The van der Waals surface area contributed by atoms with E-state index in [9.17, 15) is 47.1 Å². The van der Waals surface area contributed by atoms with Crippen LogP contribution in [0.2, 0.25) is 4.47 Å². The number of β-lactam (4-membered cyclic amide) rings is 1. The number of aromatic nitrogens is 1. The Hall–Kier alpha value is -3.73. The molecule has 47 heavy (non-hydrogen) atoms. The molecule has 0 aliphatic carbocycles. The van der Waals surface area contributed by atoms with Crippen LogP contribution in [0.15, 0.2) is 29.4 Å². The summed E-state index contributed by atoms with van der Waals surface area (Å²) in [5.41, 5.74) is -2.77. The SMILES string of the molecule is CC(=O)NCC1C(NC(=O)C(=NOC(C)(C)C(=O)OCc2ccc([N+](=O)[O-])cc2)c2nc(Cl)sc2NC(C)=O)C(=O)N1S(=O)(=O)[O-].[Na+]. The van der Waals surface area contributed by atoms with E-state index in [2.05, 4.69) is 26.1 Å². The fraction of sp³-hybridized carbons (Fsp3) is 0.375. The van der Waals surface area contributed by atoms with Crippen molar-refractivity contribution >= 4 is 79.2 Å². The molecule has 1 aromatic carbocycles. The van der Waals surface area contributed by atoms with Crippen LogP contribution in [0.1, 0.15) is 39.0 Å². The zero-order chi connectivity index (χ0) is 34.6. The van der Waals surface area contributed by atoms with Gasteiger partial charge in [-0.1, -0.05) is 28.1 Å². The maximum absolute atomic E-state index is 13.5. The summed E-state index contributed by atoms with van der Waals surface area (Å²) in [6.45, 7) is 3.86. The third kappa shape index (κ3) is 10.1. The number of amides is 4. The van der Waals surface area contributed by atoms with Crippen molar-refractivity contribution in [1.82, 2.24) is 19.9 Å². The molecule has 1 aliphatic heterocycles. The van der Waals surface area contributed by atoms with Gasteiger partial charge in [-0.2, -0.15) is 0 Å². The molecule has 3 rings (SSSR count). The number of hydrogen-bond acceptors (Lipinski definition) is 15. The predicted octanol–water partition coefficient (Wildman–Crippen LogP) is -2.80. The minimum absolute atomic E-state index is 0. The number of esters is 1. The van der Waals surface area contributed by atoms with Crippen molar-refractivity contribution in [2.75, 3.05) is 11.9 Å². The van der Waals surface area contributed by atoms with Crippen LogP contribution in [0.3, 0.4) is 0 Å². The predicted molar refractivity (Wildman–Crippen MR) is 157 cm³/mol. The molecular formula is C24H25ClN7NaO12S2. The van der Waals surface area contributed by atoms with Crippen molar-refractivity contribution in [2.45, 2.75) is 52.0 Å². The van der Waals surface area contributed by atoms with Crippen LogP contribution < -0.4 is 45.5 Å². The van der Waals surface area contributed by atoms with Crippen LogP contribution in [-0.2, 0) is 50.5 Å². The molecule has 1 aromatic heterocycles. The quantitative estimate of drug-likeness (QED) is 0.0359. The van der Waals surface area contributed by atoms with Gasteiger partial charge in [-0.15, -0.1) is 0 Å². The molecule has 2 heterocycles. The molecule has 19 nitrogen and oxygen atoms in total. The normalized spacial score (nSPS) is 16.3. The zero-order valence-corrected chi connectivity index (χ0v) is 29.6. The summed E-state index contributed by atoms with van der Waals surface area (Å²) in [5.74, 6) is -4.76. The molecule has 0 bridgehead atoms. The van der Waals surface area contributed by atoms with E-state index in [1.807, 2.05) is 0 Å².